The van der Waals surface area contributed by atoms with Gasteiger partial charge in [0.15, 0.2) is 11.6 Å². The number of aromatic nitrogens is 2. The fourth-order valence-corrected chi connectivity index (χ4v) is 2.03. The number of fused-ring (bicyclic) bond motifs is 1. The average molecular weight is 290 g/mol. The first-order valence-corrected chi connectivity index (χ1v) is 6.13. The lowest BCUT2D eigenvalue weighted by molar-refractivity contribution is 0.446. The summed E-state index contributed by atoms with van der Waals surface area (Å²) in [5.74, 6) is -0.00634. The maximum Gasteiger partial charge on any atom is 0.167 e. The molecule has 6 heteroatoms. The lowest BCUT2D eigenvalue weighted by atomic mass is 10.3. The molecule has 0 bridgehead atoms. The molecule has 100 valence electrons. The van der Waals surface area contributed by atoms with E-state index in [0.717, 1.165) is 5.39 Å². The summed E-state index contributed by atoms with van der Waals surface area (Å²) in [6.45, 7) is 3.34. The molecular formula is C14H9ClFN3O. The van der Waals surface area contributed by atoms with Crippen molar-refractivity contribution in [3.05, 3.63) is 47.5 Å². The molecule has 1 N–H and O–H groups in total. The highest BCUT2D eigenvalue weighted by Gasteiger charge is 2.11. The van der Waals surface area contributed by atoms with Crippen LogP contribution in [0, 0.1) is 5.82 Å². The Bertz CT molecular complexity index is 800. The predicted octanol–water partition coefficient (Wildman–Crippen LogP) is 4.48. The Morgan fingerprint density at radius 3 is 2.85 bits per heavy atom. The summed E-state index contributed by atoms with van der Waals surface area (Å²) in [6.07, 6.45) is 1.71. The molecule has 0 aliphatic heterocycles. The Morgan fingerprint density at radius 2 is 2.10 bits per heavy atom. The first-order chi connectivity index (χ1) is 9.67. The van der Waals surface area contributed by atoms with Gasteiger partial charge >= 0.3 is 0 Å². The minimum Gasteiger partial charge on any atom is -0.453 e. The number of rotatable bonds is 3. The van der Waals surface area contributed by atoms with Crippen LogP contribution in [-0.2, 0) is 0 Å². The van der Waals surface area contributed by atoms with Crippen molar-refractivity contribution in [1.82, 2.24) is 9.97 Å². The summed E-state index contributed by atoms with van der Waals surface area (Å²) in [5.41, 5.74) is 1.02. The minimum absolute atomic E-state index is 0.0853. The lowest BCUT2D eigenvalue weighted by Gasteiger charge is -2.08. The quantitative estimate of drug-likeness (QED) is 0.571. The molecule has 0 unspecified atom stereocenters. The van der Waals surface area contributed by atoms with Gasteiger partial charge in [0.2, 0.25) is 0 Å². The van der Waals surface area contributed by atoms with Crippen molar-refractivity contribution in [3.63, 3.8) is 0 Å². The third kappa shape index (κ3) is 2.23. The van der Waals surface area contributed by atoms with Gasteiger partial charge in [-0.1, -0.05) is 11.6 Å². The van der Waals surface area contributed by atoms with E-state index in [1.807, 2.05) is 0 Å². The lowest BCUT2D eigenvalue weighted by Crippen LogP contribution is -1.90. The highest BCUT2D eigenvalue weighted by Crippen LogP contribution is 2.33. The fraction of sp³-hybridized carbons (Fsp3) is 0. The first kappa shape index (κ1) is 12.6. The van der Waals surface area contributed by atoms with Gasteiger partial charge in [-0.3, -0.25) is 4.99 Å². The van der Waals surface area contributed by atoms with Crippen LogP contribution in [0.3, 0.4) is 0 Å². The number of pyridine rings is 1. The van der Waals surface area contributed by atoms with E-state index in [1.165, 1.54) is 18.2 Å². The van der Waals surface area contributed by atoms with Crippen LogP contribution in [0.15, 0.2) is 41.5 Å². The number of aromatic amines is 1. The molecule has 1 aromatic carbocycles. The van der Waals surface area contributed by atoms with E-state index in [4.69, 9.17) is 16.3 Å². The molecule has 0 saturated carbocycles. The maximum atomic E-state index is 13.9. The second kappa shape index (κ2) is 4.94. The number of ether oxygens (including phenoxy) is 1. The summed E-state index contributed by atoms with van der Waals surface area (Å²) >= 11 is 5.91. The number of nitrogens with one attached hydrogen (secondary N) is 1. The van der Waals surface area contributed by atoms with Gasteiger partial charge in [0.05, 0.1) is 11.1 Å². The third-order valence-electron chi connectivity index (χ3n) is 2.78. The molecule has 0 aliphatic carbocycles. The summed E-state index contributed by atoms with van der Waals surface area (Å²) in [7, 11) is 0. The third-order valence-corrected chi connectivity index (χ3v) is 2.97. The van der Waals surface area contributed by atoms with E-state index in [1.54, 1.807) is 18.3 Å². The van der Waals surface area contributed by atoms with Gasteiger partial charge in [0.25, 0.3) is 0 Å². The number of benzene rings is 1. The maximum absolute atomic E-state index is 13.9. The summed E-state index contributed by atoms with van der Waals surface area (Å²) in [4.78, 5) is 10.7. The Hall–Kier alpha value is -2.40. The van der Waals surface area contributed by atoms with Crippen molar-refractivity contribution in [2.24, 2.45) is 4.99 Å². The van der Waals surface area contributed by atoms with Crippen LogP contribution in [0.2, 0.25) is 5.15 Å². The van der Waals surface area contributed by atoms with Crippen LogP contribution in [0.25, 0.3) is 11.0 Å². The Labute approximate surface area is 118 Å². The number of H-pyrrole nitrogens is 1. The molecule has 3 aromatic rings. The second-order valence-corrected chi connectivity index (χ2v) is 4.45. The van der Waals surface area contributed by atoms with Crippen LogP contribution >= 0.6 is 11.6 Å². The zero-order valence-electron chi connectivity index (χ0n) is 10.2. The fourth-order valence-electron chi connectivity index (χ4n) is 1.85. The normalized spacial score (nSPS) is 10.7. The smallest absolute Gasteiger partial charge is 0.167 e. The van der Waals surface area contributed by atoms with Crippen molar-refractivity contribution < 1.29 is 9.13 Å². The standard InChI is InChI=1S/C14H9ClFN3O/c1-17-8-2-3-11(10(16)6-8)20-12-7-13(15)19-14-9(12)4-5-18-14/h2-7H,1H2,(H,18,19). The van der Waals surface area contributed by atoms with Gasteiger partial charge in [0.1, 0.15) is 16.5 Å². The van der Waals surface area contributed by atoms with Crippen molar-refractivity contribution in [1.29, 1.82) is 0 Å². The highest BCUT2D eigenvalue weighted by molar-refractivity contribution is 6.30. The molecule has 2 heterocycles. The van der Waals surface area contributed by atoms with Gasteiger partial charge in [-0.2, -0.15) is 0 Å². The molecule has 3 rings (SSSR count). The average Bonchev–Trinajstić information content (AvgIpc) is 2.89. The molecule has 0 fully saturated rings. The van der Waals surface area contributed by atoms with E-state index < -0.39 is 5.82 Å². The van der Waals surface area contributed by atoms with Crippen LogP contribution in [0.1, 0.15) is 0 Å². The highest BCUT2D eigenvalue weighted by atomic mass is 35.5. The number of halogens is 2. The van der Waals surface area contributed by atoms with Crippen molar-refractivity contribution in [2.45, 2.75) is 0 Å². The molecule has 0 amide bonds. The summed E-state index contributed by atoms with van der Waals surface area (Å²) < 4.78 is 19.5. The number of aliphatic imine (C=N–C) groups is 1. The largest absolute Gasteiger partial charge is 0.453 e. The van der Waals surface area contributed by atoms with Crippen molar-refractivity contribution >= 4 is 35.0 Å². The molecule has 0 spiro atoms. The van der Waals surface area contributed by atoms with Crippen LogP contribution in [0.4, 0.5) is 10.1 Å². The van der Waals surface area contributed by atoms with E-state index in [2.05, 4.69) is 21.7 Å². The predicted molar refractivity (Wildman–Crippen MR) is 76.8 cm³/mol. The molecule has 2 aromatic heterocycles. The Morgan fingerprint density at radius 1 is 1.25 bits per heavy atom. The van der Waals surface area contributed by atoms with Gasteiger partial charge < -0.3 is 9.72 Å². The van der Waals surface area contributed by atoms with Gasteiger partial charge in [0, 0.05) is 18.3 Å². The molecule has 0 radical (unpaired) electrons. The minimum atomic E-state index is -0.522. The summed E-state index contributed by atoms with van der Waals surface area (Å²) in [5, 5.41) is 0.986. The molecule has 20 heavy (non-hydrogen) atoms. The number of nitrogens with zero attached hydrogens (tertiary/aromatic N) is 2. The summed E-state index contributed by atoms with van der Waals surface area (Å²) in [6, 6.07) is 7.68. The van der Waals surface area contributed by atoms with E-state index >= 15 is 0 Å². The number of hydrogen-bond acceptors (Lipinski definition) is 3. The van der Waals surface area contributed by atoms with Gasteiger partial charge in [-0.25, -0.2) is 9.37 Å². The molecule has 0 atom stereocenters. The van der Waals surface area contributed by atoms with E-state index in [9.17, 15) is 4.39 Å². The Balaban J connectivity index is 2.05. The van der Waals surface area contributed by atoms with Crippen LogP contribution in [-0.4, -0.2) is 16.7 Å². The first-order valence-electron chi connectivity index (χ1n) is 5.75. The van der Waals surface area contributed by atoms with Crippen LogP contribution in [0.5, 0.6) is 11.5 Å². The molecular weight excluding hydrogens is 281 g/mol. The SMILES string of the molecule is C=Nc1ccc(Oc2cc(Cl)nc3[nH]ccc23)c(F)c1. The topological polar surface area (TPSA) is 50.3 Å². The molecule has 4 nitrogen and oxygen atoms in total. The number of hydrogen-bond donors (Lipinski definition) is 1. The molecule has 0 aliphatic rings. The zero-order chi connectivity index (χ0) is 14.1. The van der Waals surface area contributed by atoms with Crippen molar-refractivity contribution in [2.75, 3.05) is 0 Å². The van der Waals surface area contributed by atoms with E-state index in [-0.39, 0.29) is 10.9 Å². The van der Waals surface area contributed by atoms with Gasteiger partial charge in [-0.15, -0.1) is 0 Å². The van der Waals surface area contributed by atoms with E-state index in [0.29, 0.717) is 17.1 Å². The van der Waals surface area contributed by atoms with Crippen LogP contribution < -0.4 is 4.74 Å². The van der Waals surface area contributed by atoms with Gasteiger partial charge in [-0.05, 0) is 24.9 Å². The zero-order valence-corrected chi connectivity index (χ0v) is 11.0. The molecule has 0 saturated heterocycles. The second-order valence-electron chi connectivity index (χ2n) is 4.06. The monoisotopic (exact) mass is 289 g/mol. The Kier molecular flexibility index (Phi) is 3.12. The van der Waals surface area contributed by atoms with Crippen molar-refractivity contribution in [3.8, 4) is 11.5 Å².